The quantitative estimate of drug-likeness (QED) is 0.681. The lowest BCUT2D eigenvalue weighted by Gasteiger charge is -2.40. The molecule has 0 aromatic heterocycles. The van der Waals surface area contributed by atoms with Crippen LogP contribution in [0.15, 0.2) is 0 Å². The van der Waals surface area contributed by atoms with E-state index >= 15 is 0 Å². The van der Waals surface area contributed by atoms with E-state index < -0.39 is 8.72 Å². The zero-order valence-electron chi connectivity index (χ0n) is 13.6. The second-order valence-electron chi connectivity index (χ2n) is 6.72. The minimum Gasteiger partial charge on any atom is -0.383 e. The summed E-state index contributed by atoms with van der Waals surface area (Å²) in [7, 11) is -2.29. The van der Waals surface area contributed by atoms with Gasteiger partial charge in [0.25, 0.3) is 0 Å². The van der Waals surface area contributed by atoms with E-state index in [2.05, 4.69) is 39.6 Å². The first-order chi connectivity index (χ1) is 8.93. The minimum absolute atomic E-state index is 0.0519. The van der Waals surface area contributed by atoms with Gasteiger partial charge in [-0.15, -0.1) is 0 Å². The van der Waals surface area contributed by atoms with Gasteiger partial charge in [0.2, 0.25) is 0 Å². The molecule has 0 aromatic rings. The minimum atomic E-state index is -2.29. The first-order valence-corrected chi connectivity index (χ1v) is 9.90. The maximum absolute atomic E-state index is 6.35. The summed E-state index contributed by atoms with van der Waals surface area (Å²) in [5.41, 5.74) is 0.667. The van der Waals surface area contributed by atoms with E-state index in [1.165, 1.54) is 25.7 Å². The Labute approximate surface area is 120 Å². The molecular formula is C15H33NO2Si. The molecule has 0 spiro atoms. The van der Waals surface area contributed by atoms with Gasteiger partial charge in [-0.1, -0.05) is 26.7 Å². The van der Waals surface area contributed by atoms with Crippen LogP contribution in [0, 0.1) is 0 Å². The van der Waals surface area contributed by atoms with Crippen molar-refractivity contribution in [2.24, 2.45) is 0 Å². The Morgan fingerprint density at radius 1 is 1.00 bits per heavy atom. The van der Waals surface area contributed by atoms with Crippen molar-refractivity contribution in [2.45, 2.75) is 84.2 Å². The topological polar surface area (TPSA) is 30.5 Å². The number of hydrogen-bond acceptors (Lipinski definition) is 3. The van der Waals surface area contributed by atoms with E-state index in [1.54, 1.807) is 0 Å². The molecule has 0 atom stereocenters. The van der Waals surface area contributed by atoms with Crippen LogP contribution in [0.25, 0.3) is 0 Å². The van der Waals surface area contributed by atoms with Gasteiger partial charge in [0.1, 0.15) is 0 Å². The average Bonchev–Trinajstić information content (AvgIpc) is 2.85. The van der Waals surface area contributed by atoms with Crippen molar-refractivity contribution in [3.8, 4) is 0 Å². The largest absolute Gasteiger partial charge is 0.428 e. The number of nitrogens with one attached hydrogen (secondary N) is 1. The highest BCUT2D eigenvalue weighted by Crippen LogP contribution is 2.39. The molecule has 1 rings (SSSR count). The van der Waals surface area contributed by atoms with Crippen molar-refractivity contribution in [3.05, 3.63) is 0 Å². The van der Waals surface area contributed by atoms with Gasteiger partial charge in [0.05, 0.1) is 0 Å². The summed E-state index contributed by atoms with van der Waals surface area (Å²) in [4.78, 5) is 3.78. The monoisotopic (exact) mass is 287 g/mol. The smallest absolute Gasteiger partial charge is 0.383 e. The highest BCUT2D eigenvalue weighted by molar-refractivity contribution is 6.66. The zero-order valence-corrected chi connectivity index (χ0v) is 14.6. The highest BCUT2D eigenvalue weighted by Gasteiger charge is 2.49. The van der Waals surface area contributed by atoms with E-state index in [0.29, 0.717) is 5.54 Å². The number of hydrogen-bond donors (Lipinski definition) is 1. The van der Waals surface area contributed by atoms with Crippen LogP contribution in [0.3, 0.4) is 0 Å². The molecule has 1 aliphatic carbocycles. The lowest BCUT2D eigenvalue weighted by atomic mass is 10.1. The second kappa shape index (κ2) is 7.77. The van der Waals surface area contributed by atoms with Crippen molar-refractivity contribution in [1.29, 1.82) is 0 Å². The summed E-state index contributed by atoms with van der Waals surface area (Å²) in [5, 5.41) is 0. The fourth-order valence-electron chi connectivity index (χ4n) is 2.79. The van der Waals surface area contributed by atoms with E-state index in [-0.39, 0.29) is 5.54 Å². The standard InChI is InChI=1S/C15H33NO2Si/c1-6-12-17-19(18-13-7-2,16-15(3,4)5)14-10-8-9-11-14/h14,16H,6-13H2,1-5H3. The molecule has 0 bridgehead atoms. The zero-order chi connectivity index (χ0) is 14.4. The molecule has 1 N–H and O–H groups in total. The van der Waals surface area contributed by atoms with E-state index in [0.717, 1.165) is 26.1 Å². The summed E-state index contributed by atoms with van der Waals surface area (Å²) in [6, 6.07) is 0. The maximum Gasteiger partial charge on any atom is 0.428 e. The van der Waals surface area contributed by atoms with Gasteiger partial charge in [-0.25, -0.2) is 0 Å². The van der Waals surface area contributed by atoms with Gasteiger partial charge in [0, 0.05) is 24.3 Å². The predicted octanol–water partition coefficient (Wildman–Crippen LogP) is 4.11. The van der Waals surface area contributed by atoms with E-state index in [1.807, 2.05) is 0 Å². The predicted molar refractivity (Wildman–Crippen MR) is 83.3 cm³/mol. The molecule has 0 aliphatic heterocycles. The van der Waals surface area contributed by atoms with Crippen LogP contribution < -0.4 is 4.98 Å². The first kappa shape index (κ1) is 17.1. The Hall–Kier alpha value is 0.0969. The Balaban J connectivity index is 2.85. The molecule has 0 amide bonds. The molecule has 19 heavy (non-hydrogen) atoms. The SMILES string of the molecule is CCCO[Si](NC(C)(C)C)(OCCC)C1CCCC1. The van der Waals surface area contributed by atoms with Crippen LogP contribution in [0.1, 0.15) is 73.1 Å². The Kier molecular flexibility index (Phi) is 7.01. The summed E-state index contributed by atoms with van der Waals surface area (Å²) in [6.07, 6.45) is 7.31. The fraction of sp³-hybridized carbons (Fsp3) is 1.00. The summed E-state index contributed by atoms with van der Waals surface area (Å²) in [6.45, 7) is 12.6. The molecule has 4 heteroatoms. The van der Waals surface area contributed by atoms with Gasteiger partial charge in [-0.3, -0.25) is 4.98 Å². The van der Waals surface area contributed by atoms with Gasteiger partial charge in [-0.2, -0.15) is 0 Å². The van der Waals surface area contributed by atoms with Crippen LogP contribution in [0.4, 0.5) is 0 Å². The van der Waals surface area contributed by atoms with Crippen molar-refractivity contribution < 1.29 is 8.85 Å². The molecular weight excluding hydrogens is 254 g/mol. The van der Waals surface area contributed by atoms with Crippen LogP contribution in [-0.2, 0) is 8.85 Å². The molecule has 0 heterocycles. The van der Waals surface area contributed by atoms with Gasteiger partial charge in [0.15, 0.2) is 0 Å². The molecule has 0 aromatic carbocycles. The molecule has 0 unspecified atom stereocenters. The summed E-state index contributed by atoms with van der Waals surface area (Å²) >= 11 is 0. The Morgan fingerprint density at radius 3 is 1.84 bits per heavy atom. The molecule has 0 saturated heterocycles. The van der Waals surface area contributed by atoms with Crippen LogP contribution >= 0.6 is 0 Å². The summed E-state index contributed by atoms with van der Waals surface area (Å²) < 4.78 is 12.7. The third-order valence-corrected chi connectivity index (χ3v) is 7.50. The van der Waals surface area contributed by atoms with Crippen molar-refractivity contribution in [1.82, 2.24) is 4.98 Å². The summed E-state index contributed by atoms with van der Waals surface area (Å²) in [5.74, 6) is 0. The first-order valence-electron chi connectivity index (χ1n) is 8.00. The molecule has 1 fully saturated rings. The van der Waals surface area contributed by atoms with Gasteiger partial charge >= 0.3 is 8.72 Å². The van der Waals surface area contributed by atoms with Gasteiger partial charge < -0.3 is 8.85 Å². The fourth-order valence-corrected chi connectivity index (χ4v) is 6.92. The van der Waals surface area contributed by atoms with Crippen LogP contribution in [-0.4, -0.2) is 27.5 Å². The second-order valence-corrected chi connectivity index (χ2v) is 9.70. The third-order valence-electron chi connectivity index (χ3n) is 3.48. The average molecular weight is 288 g/mol. The van der Waals surface area contributed by atoms with Crippen LogP contribution in [0.5, 0.6) is 0 Å². The van der Waals surface area contributed by atoms with Gasteiger partial charge in [-0.05, 0) is 46.5 Å². The highest BCUT2D eigenvalue weighted by atomic mass is 28.4. The number of rotatable bonds is 8. The Morgan fingerprint density at radius 2 is 1.47 bits per heavy atom. The molecule has 3 nitrogen and oxygen atoms in total. The Bertz CT molecular complexity index is 239. The normalized spacial score (nSPS) is 18.2. The molecule has 1 saturated carbocycles. The van der Waals surface area contributed by atoms with E-state index in [4.69, 9.17) is 8.85 Å². The van der Waals surface area contributed by atoms with E-state index in [9.17, 15) is 0 Å². The van der Waals surface area contributed by atoms with Crippen molar-refractivity contribution in [2.75, 3.05) is 13.2 Å². The van der Waals surface area contributed by atoms with Crippen LogP contribution in [0.2, 0.25) is 5.54 Å². The molecule has 1 aliphatic rings. The van der Waals surface area contributed by atoms with Crippen molar-refractivity contribution >= 4 is 8.72 Å². The lowest BCUT2D eigenvalue weighted by molar-refractivity contribution is 0.136. The molecule has 114 valence electrons. The maximum atomic E-state index is 6.35. The lowest BCUT2D eigenvalue weighted by Crippen LogP contribution is -2.65. The third kappa shape index (κ3) is 5.54. The van der Waals surface area contributed by atoms with Crippen molar-refractivity contribution in [3.63, 3.8) is 0 Å². The molecule has 0 radical (unpaired) electrons.